The number of hydrogen-bond acceptors (Lipinski definition) is 3. The van der Waals surface area contributed by atoms with E-state index in [0.29, 0.717) is 25.2 Å². The minimum atomic E-state index is -1.19. The summed E-state index contributed by atoms with van der Waals surface area (Å²) in [7, 11) is 0. The number of halogens is 2. The summed E-state index contributed by atoms with van der Waals surface area (Å²) >= 11 is 0. The number of nitro benzene ring substituents is 1. The molecule has 0 aliphatic heterocycles. The molecule has 1 rings (SSSR count). The molecule has 2 amide bonds. The average molecular weight is 273 g/mol. The first-order chi connectivity index (χ1) is 8.90. The van der Waals surface area contributed by atoms with Crippen molar-refractivity contribution in [3.8, 4) is 0 Å². The smallest absolute Gasteiger partial charge is 0.322 e. The van der Waals surface area contributed by atoms with E-state index in [1.807, 2.05) is 0 Å². The highest BCUT2D eigenvalue weighted by atomic mass is 19.1. The number of nitrogens with one attached hydrogen (secondary N) is 1. The molecule has 0 bridgehead atoms. The lowest BCUT2D eigenvalue weighted by molar-refractivity contribution is -0.384. The quantitative estimate of drug-likeness (QED) is 0.677. The number of carbonyl (C=O) groups is 1. The molecule has 19 heavy (non-hydrogen) atoms. The standard InChI is InChI=1S/C11H13F2N3O3/c1-3-15(4-2)11(17)14-10-8(13)5-7(12)6-9(10)16(18)19/h5-6H,3-4H2,1-2H3,(H,14,17). The van der Waals surface area contributed by atoms with Gasteiger partial charge >= 0.3 is 6.03 Å². The molecule has 0 aromatic heterocycles. The number of amides is 2. The highest BCUT2D eigenvalue weighted by Crippen LogP contribution is 2.28. The molecule has 1 N–H and O–H groups in total. The van der Waals surface area contributed by atoms with Crippen LogP contribution < -0.4 is 5.32 Å². The van der Waals surface area contributed by atoms with Gasteiger partial charge in [-0.15, -0.1) is 0 Å². The molecular weight excluding hydrogens is 260 g/mol. The Balaban J connectivity index is 3.13. The number of anilines is 1. The van der Waals surface area contributed by atoms with Gasteiger partial charge in [-0.3, -0.25) is 15.4 Å². The van der Waals surface area contributed by atoms with E-state index < -0.39 is 34.0 Å². The molecule has 0 radical (unpaired) electrons. The van der Waals surface area contributed by atoms with Crippen molar-refractivity contribution in [1.29, 1.82) is 0 Å². The van der Waals surface area contributed by atoms with Crippen LogP contribution in [0.4, 0.5) is 25.0 Å². The highest BCUT2D eigenvalue weighted by molar-refractivity contribution is 5.92. The molecular formula is C11H13F2N3O3. The summed E-state index contributed by atoms with van der Waals surface area (Å²) in [5, 5.41) is 12.8. The number of carbonyl (C=O) groups excluding carboxylic acids is 1. The van der Waals surface area contributed by atoms with Crippen molar-refractivity contribution in [2.45, 2.75) is 13.8 Å². The van der Waals surface area contributed by atoms with Crippen molar-refractivity contribution in [1.82, 2.24) is 4.90 Å². The molecule has 0 aliphatic carbocycles. The van der Waals surface area contributed by atoms with Crippen LogP contribution in [0.5, 0.6) is 0 Å². The minimum absolute atomic E-state index is 0.360. The Labute approximate surface area is 108 Å². The Morgan fingerprint density at radius 2 is 1.95 bits per heavy atom. The first-order valence-corrected chi connectivity index (χ1v) is 5.60. The van der Waals surface area contributed by atoms with Gasteiger partial charge in [0.05, 0.1) is 11.0 Å². The second-order valence-corrected chi connectivity index (χ2v) is 3.64. The molecule has 0 fully saturated rings. The van der Waals surface area contributed by atoms with Gasteiger partial charge in [0.2, 0.25) is 0 Å². The third-order valence-electron chi connectivity index (χ3n) is 2.51. The molecule has 0 unspecified atom stereocenters. The van der Waals surface area contributed by atoms with E-state index in [4.69, 9.17) is 0 Å². The summed E-state index contributed by atoms with van der Waals surface area (Å²) in [4.78, 5) is 22.8. The number of nitro groups is 1. The molecule has 8 heteroatoms. The Bertz CT molecular complexity index is 504. The van der Waals surface area contributed by atoms with E-state index >= 15 is 0 Å². The lowest BCUT2D eigenvalue weighted by Gasteiger charge is -2.19. The maximum Gasteiger partial charge on any atom is 0.322 e. The van der Waals surface area contributed by atoms with Crippen molar-refractivity contribution < 1.29 is 18.5 Å². The fraction of sp³-hybridized carbons (Fsp3) is 0.364. The van der Waals surface area contributed by atoms with Gasteiger partial charge in [-0.25, -0.2) is 13.6 Å². The van der Waals surface area contributed by atoms with Gasteiger partial charge in [-0.1, -0.05) is 0 Å². The van der Waals surface area contributed by atoms with Crippen molar-refractivity contribution in [2.75, 3.05) is 18.4 Å². The van der Waals surface area contributed by atoms with Crippen LogP contribution >= 0.6 is 0 Å². The van der Waals surface area contributed by atoms with E-state index in [2.05, 4.69) is 5.32 Å². The lowest BCUT2D eigenvalue weighted by atomic mass is 10.2. The van der Waals surface area contributed by atoms with Gasteiger partial charge in [0.25, 0.3) is 5.69 Å². The van der Waals surface area contributed by atoms with E-state index in [1.165, 1.54) is 4.90 Å². The fourth-order valence-electron chi connectivity index (χ4n) is 1.52. The SMILES string of the molecule is CCN(CC)C(=O)Nc1c(F)cc(F)cc1[N+](=O)[O-]. The third-order valence-corrected chi connectivity index (χ3v) is 2.51. The van der Waals surface area contributed by atoms with Gasteiger partial charge in [-0.05, 0) is 13.8 Å². The van der Waals surface area contributed by atoms with Crippen LogP contribution in [0.3, 0.4) is 0 Å². The van der Waals surface area contributed by atoms with Gasteiger partial charge in [0, 0.05) is 19.2 Å². The number of benzene rings is 1. The first kappa shape index (κ1) is 14.8. The Morgan fingerprint density at radius 1 is 1.37 bits per heavy atom. The van der Waals surface area contributed by atoms with E-state index in [-0.39, 0.29) is 0 Å². The van der Waals surface area contributed by atoms with Crippen LogP contribution in [0, 0.1) is 21.7 Å². The van der Waals surface area contributed by atoms with Crippen LogP contribution in [0.1, 0.15) is 13.8 Å². The minimum Gasteiger partial charge on any atom is -0.325 e. The summed E-state index contributed by atoms with van der Waals surface area (Å²) in [5.74, 6) is -2.27. The number of hydrogen-bond donors (Lipinski definition) is 1. The van der Waals surface area contributed by atoms with Gasteiger partial charge in [0.15, 0.2) is 11.5 Å². The van der Waals surface area contributed by atoms with Crippen molar-refractivity contribution >= 4 is 17.4 Å². The number of nitrogens with zero attached hydrogens (tertiary/aromatic N) is 2. The fourth-order valence-corrected chi connectivity index (χ4v) is 1.52. The second-order valence-electron chi connectivity index (χ2n) is 3.64. The molecule has 6 nitrogen and oxygen atoms in total. The molecule has 1 aromatic rings. The zero-order valence-corrected chi connectivity index (χ0v) is 10.4. The predicted molar refractivity (Wildman–Crippen MR) is 65.0 cm³/mol. The van der Waals surface area contributed by atoms with E-state index in [9.17, 15) is 23.7 Å². The Hall–Kier alpha value is -2.25. The van der Waals surface area contributed by atoms with Gasteiger partial charge < -0.3 is 4.90 Å². The molecule has 0 spiro atoms. The average Bonchev–Trinajstić information content (AvgIpc) is 2.33. The topological polar surface area (TPSA) is 75.5 Å². The molecule has 0 saturated heterocycles. The number of urea groups is 1. The molecule has 0 atom stereocenters. The summed E-state index contributed by atoms with van der Waals surface area (Å²) < 4.78 is 26.5. The zero-order chi connectivity index (χ0) is 14.6. The summed E-state index contributed by atoms with van der Waals surface area (Å²) in [6.07, 6.45) is 0. The maximum atomic E-state index is 13.5. The van der Waals surface area contributed by atoms with Crippen molar-refractivity contribution in [2.24, 2.45) is 0 Å². The van der Waals surface area contributed by atoms with Crippen molar-refractivity contribution in [3.63, 3.8) is 0 Å². The van der Waals surface area contributed by atoms with Crippen LogP contribution in [0.2, 0.25) is 0 Å². The summed E-state index contributed by atoms with van der Waals surface area (Å²) in [6.45, 7) is 4.13. The van der Waals surface area contributed by atoms with Crippen molar-refractivity contribution in [3.05, 3.63) is 33.9 Å². The number of rotatable bonds is 4. The molecule has 1 aromatic carbocycles. The van der Waals surface area contributed by atoms with Crippen LogP contribution in [0.15, 0.2) is 12.1 Å². The normalized spacial score (nSPS) is 10.1. The van der Waals surface area contributed by atoms with Crippen LogP contribution in [0.25, 0.3) is 0 Å². The second kappa shape index (κ2) is 6.07. The monoisotopic (exact) mass is 273 g/mol. The van der Waals surface area contributed by atoms with Crippen LogP contribution in [-0.2, 0) is 0 Å². The van der Waals surface area contributed by atoms with E-state index in [1.54, 1.807) is 13.8 Å². The van der Waals surface area contributed by atoms with Gasteiger partial charge in [-0.2, -0.15) is 0 Å². The van der Waals surface area contributed by atoms with E-state index in [0.717, 1.165) is 0 Å². The maximum absolute atomic E-state index is 13.5. The highest BCUT2D eigenvalue weighted by Gasteiger charge is 2.23. The molecule has 104 valence electrons. The third kappa shape index (κ3) is 3.36. The molecule has 0 heterocycles. The Morgan fingerprint density at radius 3 is 2.42 bits per heavy atom. The summed E-state index contributed by atoms with van der Waals surface area (Å²) in [6, 6.07) is 0.352. The molecule has 0 saturated carbocycles. The zero-order valence-electron chi connectivity index (χ0n) is 10.4. The largest absolute Gasteiger partial charge is 0.325 e. The Kier molecular flexibility index (Phi) is 4.74. The summed E-state index contributed by atoms with van der Waals surface area (Å²) in [5.41, 5.74) is -1.46. The first-order valence-electron chi connectivity index (χ1n) is 5.60. The van der Waals surface area contributed by atoms with Crippen LogP contribution in [-0.4, -0.2) is 28.9 Å². The predicted octanol–water partition coefficient (Wildman–Crippen LogP) is 2.75. The van der Waals surface area contributed by atoms with Gasteiger partial charge in [0.1, 0.15) is 5.82 Å². The lowest BCUT2D eigenvalue weighted by Crippen LogP contribution is -2.34. The molecule has 0 aliphatic rings.